The highest BCUT2D eigenvalue weighted by Crippen LogP contribution is 1.97. The standard InChI is InChI=1S/C7H12O3.C3H9N.ClH/c1-5(7(9)10)3-4-6(2)8;1-4(2)3;/h3,6,8H,4H2,1-2H3,(H,9,10);1-3H3;1H/b5-3+;;. The van der Waals surface area contributed by atoms with Gasteiger partial charge in [-0.15, -0.1) is 12.4 Å². The molecule has 0 rings (SSSR count). The molecule has 1 unspecified atom stereocenters. The summed E-state index contributed by atoms with van der Waals surface area (Å²) in [6, 6.07) is 0. The van der Waals surface area contributed by atoms with E-state index in [9.17, 15) is 4.79 Å². The minimum atomic E-state index is -0.930. The molecule has 92 valence electrons. The van der Waals surface area contributed by atoms with Gasteiger partial charge >= 0.3 is 5.97 Å². The molecule has 0 aromatic carbocycles. The SMILES string of the molecule is C/C(=C\CC(C)O)C(=O)O.CN(C)C.Cl. The zero-order chi connectivity index (χ0) is 11.7. The van der Waals surface area contributed by atoms with Crippen LogP contribution in [0.1, 0.15) is 20.3 Å². The van der Waals surface area contributed by atoms with Gasteiger partial charge < -0.3 is 15.1 Å². The summed E-state index contributed by atoms with van der Waals surface area (Å²) in [6.07, 6.45) is 1.44. The number of hydrogen-bond donors (Lipinski definition) is 2. The van der Waals surface area contributed by atoms with Gasteiger partial charge in [0.1, 0.15) is 0 Å². The minimum absolute atomic E-state index is 0. The van der Waals surface area contributed by atoms with Gasteiger partial charge in [-0.1, -0.05) is 6.08 Å². The van der Waals surface area contributed by atoms with Crippen LogP contribution in [0.3, 0.4) is 0 Å². The third-order valence-electron chi connectivity index (χ3n) is 1.10. The molecule has 0 aromatic rings. The van der Waals surface area contributed by atoms with E-state index in [4.69, 9.17) is 10.2 Å². The van der Waals surface area contributed by atoms with E-state index in [0.29, 0.717) is 6.42 Å². The Morgan fingerprint density at radius 1 is 1.40 bits per heavy atom. The average Bonchev–Trinajstić information content (AvgIpc) is 1.98. The molecule has 1 atom stereocenters. The lowest BCUT2D eigenvalue weighted by atomic mass is 10.2. The van der Waals surface area contributed by atoms with Crippen LogP contribution < -0.4 is 0 Å². The Morgan fingerprint density at radius 2 is 1.73 bits per heavy atom. The molecule has 0 aliphatic rings. The maximum atomic E-state index is 10.2. The van der Waals surface area contributed by atoms with Gasteiger partial charge in [0, 0.05) is 5.57 Å². The van der Waals surface area contributed by atoms with Crippen molar-refractivity contribution >= 4 is 18.4 Å². The number of hydrogen-bond acceptors (Lipinski definition) is 3. The van der Waals surface area contributed by atoms with E-state index in [1.165, 1.54) is 13.0 Å². The maximum absolute atomic E-state index is 10.2. The summed E-state index contributed by atoms with van der Waals surface area (Å²) in [5.74, 6) is -0.930. The fraction of sp³-hybridized carbons (Fsp3) is 0.700. The highest BCUT2D eigenvalue weighted by atomic mass is 35.5. The summed E-state index contributed by atoms with van der Waals surface area (Å²) in [5.41, 5.74) is 0.279. The summed E-state index contributed by atoms with van der Waals surface area (Å²) in [4.78, 5) is 12.2. The molecule has 0 saturated carbocycles. The van der Waals surface area contributed by atoms with Crippen LogP contribution in [0.5, 0.6) is 0 Å². The summed E-state index contributed by atoms with van der Waals surface area (Å²) in [6.45, 7) is 3.12. The Bertz CT molecular complexity index is 188. The number of carbonyl (C=O) groups is 1. The molecule has 15 heavy (non-hydrogen) atoms. The molecule has 0 spiro atoms. The lowest BCUT2D eigenvalue weighted by molar-refractivity contribution is -0.132. The number of nitrogens with zero attached hydrogens (tertiary/aromatic N) is 1. The van der Waals surface area contributed by atoms with Gasteiger partial charge in [0.05, 0.1) is 6.10 Å². The Balaban J connectivity index is -0.000000249. The lowest BCUT2D eigenvalue weighted by Crippen LogP contribution is -2.00. The van der Waals surface area contributed by atoms with Crippen LogP contribution >= 0.6 is 12.4 Å². The average molecular weight is 240 g/mol. The monoisotopic (exact) mass is 239 g/mol. The third kappa shape index (κ3) is 24.7. The van der Waals surface area contributed by atoms with Gasteiger partial charge in [-0.25, -0.2) is 4.79 Å². The summed E-state index contributed by atoms with van der Waals surface area (Å²) < 4.78 is 0. The van der Waals surface area contributed by atoms with Crippen molar-refractivity contribution in [2.75, 3.05) is 21.1 Å². The predicted molar refractivity (Wildman–Crippen MR) is 64.5 cm³/mol. The zero-order valence-electron chi connectivity index (χ0n) is 10.0. The Labute approximate surface area is 98.0 Å². The molecule has 0 radical (unpaired) electrons. The summed E-state index contributed by atoms with van der Waals surface area (Å²) >= 11 is 0. The molecule has 0 saturated heterocycles. The highest BCUT2D eigenvalue weighted by Gasteiger charge is 1.99. The van der Waals surface area contributed by atoms with E-state index in [1.807, 2.05) is 26.0 Å². The number of carboxylic acid groups (broad SMARTS) is 1. The Kier molecular flexibility index (Phi) is 15.3. The molecule has 0 aliphatic heterocycles. The van der Waals surface area contributed by atoms with Crippen LogP contribution in [0, 0.1) is 0 Å². The number of aliphatic carboxylic acids is 1. The largest absolute Gasteiger partial charge is 0.478 e. The highest BCUT2D eigenvalue weighted by molar-refractivity contribution is 5.85. The predicted octanol–water partition coefficient (Wildman–Crippen LogP) is 1.39. The lowest BCUT2D eigenvalue weighted by Gasteiger charge is -1.97. The maximum Gasteiger partial charge on any atom is 0.330 e. The first kappa shape index (κ1) is 19.9. The zero-order valence-corrected chi connectivity index (χ0v) is 10.8. The van der Waals surface area contributed by atoms with E-state index in [-0.39, 0.29) is 18.0 Å². The number of carboxylic acids is 1. The second-order valence-corrected chi connectivity index (χ2v) is 3.62. The topological polar surface area (TPSA) is 60.8 Å². The minimum Gasteiger partial charge on any atom is -0.478 e. The number of aliphatic hydroxyl groups is 1. The number of aliphatic hydroxyl groups excluding tert-OH is 1. The first-order valence-electron chi connectivity index (χ1n) is 4.46. The molecule has 0 aliphatic carbocycles. The smallest absolute Gasteiger partial charge is 0.330 e. The molecule has 4 nitrogen and oxygen atoms in total. The van der Waals surface area contributed by atoms with Gasteiger partial charge in [0.2, 0.25) is 0 Å². The van der Waals surface area contributed by atoms with Crippen LogP contribution in [0.4, 0.5) is 0 Å². The first-order valence-corrected chi connectivity index (χ1v) is 4.46. The van der Waals surface area contributed by atoms with E-state index in [0.717, 1.165) is 0 Å². The summed E-state index contributed by atoms with van der Waals surface area (Å²) in [5, 5.41) is 17.1. The second kappa shape index (κ2) is 11.5. The van der Waals surface area contributed by atoms with Gasteiger partial charge in [-0.3, -0.25) is 0 Å². The van der Waals surface area contributed by atoms with Crippen molar-refractivity contribution in [3.05, 3.63) is 11.6 Å². The van der Waals surface area contributed by atoms with Crippen LogP contribution in [-0.2, 0) is 4.79 Å². The van der Waals surface area contributed by atoms with Crippen LogP contribution in [0.2, 0.25) is 0 Å². The molecular formula is C10H22ClNO3. The van der Waals surface area contributed by atoms with E-state index in [1.54, 1.807) is 6.92 Å². The first-order chi connectivity index (χ1) is 6.27. The van der Waals surface area contributed by atoms with E-state index in [2.05, 4.69) is 0 Å². The van der Waals surface area contributed by atoms with Gasteiger partial charge in [0.25, 0.3) is 0 Å². The Hall–Kier alpha value is -0.580. The Morgan fingerprint density at radius 3 is 1.93 bits per heavy atom. The third-order valence-corrected chi connectivity index (χ3v) is 1.10. The molecule has 0 heterocycles. The fourth-order valence-electron chi connectivity index (χ4n) is 0.435. The molecule has 0 aromatic heterocycles. The van der Waals surface area contributed by atoms with Crippen molar-refractivity contribution in [1.29, 1.82) is 0 Å². The number of rotatable bonds is 3. The van der Waals surface area contributed by atoms with Crippen molar-refractivity contribution in [1.82, 2.24) is 4.90 Å². The van der Waals surface area contributed by atoms with Crippen LogP contribution in [0.25, 0.3) is 0 Å². The van der Waals surface area contributed by atoms with Crippen molar-refractivity contribution in [3.63, 3.8) is 0 Å². The fourth-order valence-corrected chi connectivity index (χ4v) is 0.435. The van der Waals surface area contributed by atoms with Crippen molar-refractivity contribution < 1.29 is 15.0 Å². The van der Waals surface area contributed by atoms with E-state index < -0.39 is 12.1 Å². The van der Waals surface area contributed by atoms with Crippen molar-refractivity contribution in [2.24, 2.45) is 0 Å². The molecule has 0 fully saturated rings. The molecule has 0 bridgehead atoms. The molecule has 0 amide bonds. The van der Waals surface area contributed by atoms with Crippen molar-refractivity contribution in [3.8, 4) is 0 Å². The van der Waals surface area contributed by atoms with E-state index >= 15 is 0 Å². The molecular weight excluding hydrogens is 218 g/mol. The normalized spacial score (nSPS) is 12.3. The quantitative estimate of drug-likeness (QED) is 0.731. The van der Waals surface area contributed by atoms with Crippen LogP contribution in [-0.4, -0.2) is 48.3 Å². The molecule has 2 N–H and O–H groups in total. The second-order valence-electron chi connectivity index (χ2n) is 3.62. The van der Waals surface area contributed by atoms with Gasteiger partial charge in [0.15, 0.2) is 0 Å². The number of halogens is 1. The van der Waals surface area contributed by atoms with Gasteiger partial charge in [-0.2, -0.15) is 0 Å². The summed E-state index contributed by atoms with van der Waals surface area (Å²) in [7, 11) is 6.00. The van der Waals surface area contributed by atoms with Crippen molar-refractivity contribution in [2.45, 2.75) is 26.4 Å². The van der Waals surface area contributed by atoms with Gasteiger partial charge in [-0.05, 0) is 41.4 Å². The van der Waals surface area contributed by atoms with Crippen LogP contribution in [0.15, 0.2) is 11.6 Å². The molecule has 5 heteroatoms.